The summed E-state index contributed by atoms with van der Waals surface area (Å²) >= 11 is 15.4. The number of nitriles is 1. The molecule has 162 valence electrons. The average Bonchev–Trinajstić information content (AvgIpc) is 2.79. The molecule has 0 radical (unpaired) electrons. The Morgan fingerprint density at radius 2 is 1.88 bits per heavy atom. The number of ether oxygens (including phenoxy) is 2. The van der Waals surface area contributed by atoms with Crippen LogP contribution in [0.15, 0.2) is 70.7 Å². The molecule has 3 aromatic rings. The van der Waals surface area contributed by atoms with Crippen LogP contribution in [0.4, 0.5) is 5.69 Å². The van der Waals surface area contributed by atoms with Crippen LogP contribution in [0.2, 0.25) is 10.0 Å². The van der Waals surface area contributed by atoms with E-state index in [9.17, 15) is 10.1 Å². The van der Waals surface area contributed by atoms with Crippen molar-refractivity contribution >= 4 is 56.8 Å². The molecule has 0 saturated heterocycles. The zero-order chi connectivity index (χ0) is 23.1. The van der Waals surface area contributed by atoms with E-state index in [0.29, 0.717) is 32.8 Å². The molecule has 3 rings (SSSR count). The summed E-state index contributed by atoms with van der Waals surface area (Å²) in [6.07, 6.45) is 1.46. The van der Waals surface area contributed by atoms with E-state index in [2.05, 4.69) is 21.2 Å². The summed E-state index contributed by atoms with van der Waals surface area (Å²) < 4.78 is 12.3. The molecule has 1 N–H and O–H groups in total. The topological polar surface area (TPSA) is 71.3 Å². The minimum Gasteiger partial charge on any atom is -0.493 e. The highest BCUT2D eigenvalue weighted by Gasteiger charge is 2.15. The predicted molar refractivity (Wildman–Crippen MR) is 130 cm³/mol. The Kier molecular flexibility index (Phi) is 8.18. The summed E-state index contributed by atoms with van der Waals surface area (Å²) in [6, 6.07) is 19.4. The number of nitrogens with zero attached hydrogens (tertiary/aromatic N) is 1. The lowest BCUT2D eigenvalue weighted by Crippen LogP contribution is -2.13. The molecule has 5 nitrogen and oxygen atoms in total. The standard InChI is InChI=1S/C24H17BrCl2N2O3/c1-31-22-4-2-3-16(23(22)32-14-15-5-10-20(26)21(27)11-15)12-17(13-28)24(30)29-19-8-6-18(25)7-9-19/h2-12H,14H2,1H3,(H,29,30)/b17-12+. The fourth-order valence-electron chi connectivity index (χ4n) is 2.78. The SMILES string of the molecule is COc1cccc(/C=C(\C#N)C(=O)Nc2ccc(Br)cc2)c1OCc1ccc(Cl)c(Cl)c1. The van der Waals surface area contributed by atoms with Crippen LogP contribution in [0.1, 0.15) is 11.1 Å². The van der Waals surface area contributed by atoms with Crippen molar-refractivity contribution < 1.29 is 14.3 Å². The van der Waals surface area contributed by atoms with E-state index in [4.69, 9.17) is 32.7 Å². The van der Waals surface area contributed by atoms with Crippen molar-refractivity contribution in [1.82, 2.24) is 0 Å². The first-order valence-electron chi connectivity index (χ1n) is 9.33. The van der Waals surface area contributed by atoms with Gasteiger partial charge in [-0.25, -0.2) is 0 Å². The minimum absolute atomic E-state index is 0.0828. The highest BCUT2D eigenvalue weighted by atomic mass is 79.9. The molecule has 0 aromatic heterocycles. The van der Waals surface area contributed by atoms with Crippen LogP contribution in [0.25, 0.3) is 6.08 Å². The van der Waals surface area contributed by atoms with Gasteiger partial charge in [0.2, 0.25) is 0 Å². The number of hydrogen-bond donors (Lipinski definition) is 1. The van der Waals surface area contributed by atoms with Gasteiger partial charge >= 0.3 is 0 Å². The summed E-state index contributed by atoms with van der Waals surface area (Å²) in [5.41, 5.74) is 1.81. The first-order chi connectivity index (χ1) is 15.4. The molecule has 0 spiro atoms. The first kappa shape index (κ1) is 23.7. The van der Waals surface area contributed by atoms with E-state index in [1.807, 2.05) is 6.07 Å². The number of benzene rings is 3. The lowest BCUT2D eigenvalue weighted by atomic mass is 10.1. The lowest BCUT2D eigenvalue weighted by Gasteiger charge is -2.14. The Bertz CT molecular complexity index is 1200. The number of para-hydroxylation sites is 1. The molecular weight excluding hydrogens is 515 g/mol. The lowest BCUT2D eigenvalue weighted by molar-refractivity contribution is -0.112. The summed E-state index contributed by atoms with van der Waals surface area (Å²) in [5, 5.41) is 13.2. The number of rotatable bonds is 7. The molecular formula is C24H17BrCl2N2O3. The molecule has 0 fully saturated rings. The zero-order valence-electron chi connectivity index (χ0n) is 16.9. The maximum atomic E-state index is 12.6. The molecule has 8 heteroatoms. The number of hydrogen-bond acceptors (Lipinski definition) is 4. The Hall–Kier alpha value is -2.98. The molecule has 0 atom stereocenters. The number of carbonyl (C=O) groups excluding carboxylic acids is 1. The maximum Gasteiger partial charge on any atom is 0.266 e. The second-order valence-electron chi connectivity index (χ2n) is 6.55. The van der Waals surface area contributed by atoms with E-state index >= 15 is 0 Å². The van der Waals surface area contributed by atoms with Crippen molar-refractivity contribution in [2.24, 2.45) is 0 Å². The molecule has 0 aliphatic heterocycles. The smallest absolute Gasteiger partial charge is 0.266 e. The number of methoxy groups -OCH3 is 1. The van der Waals surface area contributed by atoms with Crippen LogP contribution >= 0.6 is 39.1 Å². The summed E-state index contributed by atoms with van der Waals surface area (Å²) in [7, 11) is 1.51. The van der Waals surface area contributed by atoms with Gasteiger partial charge in [0.05, 0.1) is 17.2 Å². The number of amides is 1. The normalized spacial score (nSPS) is 10.9. The fraction of sp³-hybridized carbons (Fsp3) is 0.0833. The molecule has 0 saturated carbocycles. The van der Waals surface area contributed by atoms with E-state index in [0.717, 1.165) is 10.0 Å². The van der Waals surface area contributed by atoms with Gasteiger partial charge in [-0.1, -0.05) is 57.3 Å². The number of carbonyl (C=O) groups is 1. The van der Waals surface area contributed by atoms with Gasteiger partial charge in [-0.3, -0.25) is 4.79 Å². The summed E-state index contributed by atoms with van der Waals surface area (Å²) in [5.74, 6) is 0.322. The van der Waals surface area contributed by atoms with E-state index in [1.54, 1.807) is 60.7 Å². The fourth-order valence-corrected chi connectivity index (χ4v) is 3.37. The van der Waals surface area contributed by atoms with Gasteiger partial charge in [0.15, 0.2) is 11.5 Å². The zero-order valence-corrected chi connectivity index (χ0v) is 20.0. The highest BCUT2D eigenvalue weighted by molar-refractivity contribution is 9.10. The van der Waals surface area contributed by atoms with E-state index < -0.39 is 5.91 Å². The minimum atomic E-state index is -0.534. The van der Waals surface area contributed by atoms with Crippen LogP contribution in [0.3, 0.4) is 0 Å². The predicted octanol–water partition coefficient (Wildman–Crippen LogP) is 6.89. The van der Waals surface area contributed by atoms with Crippen molar-refractivity contribution in [2.75, 3.05) is 12.4 Å². The second-order valence-corrected chi connectivity index (χ2v) is 8.28. The third kappa shape index (κ3) is 6.04. The van der Waals surface area contributed by atoms with Crippen LogP contribution in [-0.4, -0.2) is 13.0 Å². The third-order valence-corrected chi connectivity index (χ3v) is 5.63. The van der Waals surface area contributed by atoms with Gasteiger partial charge in [-0.05, 0) is 54.1 Å². The summed E-state index contributed by atoms with van der Waals surface area (Å²) in [4.78, 5) is 12.6. The molecule has 1 amide bonds. The third-order valence-electron chi connectivity index (χ3n) is 4.36. The van der Waals surface area contributed by atoms with Gasteiger partial charge in [0.1, 0.15) is 18.2 Å². The average molecular weight is 532 g/mol. The number of anilines is 1. The van der Waals surface area contributed by atoms with E-state index in [1.165, 1.54) is 13.2 Å². The Labute approximate surface area is 204 Å². The molecule has 0 aliphatic rings. The quantitative estimate of drug-likeness (QED) is 0.266. The molecule has 0 bridgehead atoms. The van der Waals surface area contributed by atoms with Crippen molar-refractivity contribution in [3.8, 4) is 17.6 Å². The van der Waals surface area contributed by atoms with Crippen molar-refractivity contribution in [3.63, 3.8) is 0 Å². The van der Waals surface area contributed by atoms with Gasteiger partial charge in [-0.15, -0.1) is 0 Å². The molecule has 3 aromatic carbocycles. The largest absolute Gasteiger partial charge is 0.493 e. The first-order valence-corrected chi connectivity index (χ1v) is 10.9. The van der Waals surface area contributed by atoms with Gasteiger partial charge < -0.3 is 14.8 Å². The van der Waals surface area contributed by atoms with Gasteiger partial charge in [-0.2, -0.15) is 5.26 Å². The van der Waals surface area contributed by atoms with Crippen molar-refractivity contribution in [3.05, 3.63) is 91.9 Å². The van der Waals surface area contributed by atoms with Crippen molar-refractivity contribution in [2.45, 2.75) is 6.61 Å². The monoisotopic (exact) mass is 530 g/mol. The number of halogens is 3. The molecule has 0 unspecified atom stereocenters. The van der Waals surface area contributed by atoms with Crippen molar-refractivity contribution in [1.29, 1.82) is 5.26 Å². The Balaban J connectivity index is 1.87. The number of nitrogens with one attached hydrogen (secondary N) is 1. The van der Waals surface area contributed by atoms with Crippen LogP contribution < -0.4 is 14.8 Å². The second kappa shape index (κ2) is 11.1. The Morgan fingerprint density at radius 3 is 2.53 bits per heavy atom. The van der Waals surface area contributed by atoms with Gasteiger partial charge in [0.25, 0.3) is 5.91 Å². The van der Waals surface area contributed by atoms with Crippen LogP contribution in [0.5, 0.6) is 11.5 Å². The van der Waals surface area contributed by atoms with E-state index in [-0.39, 0.29) is 12.2 Å². The maximum absolute atomic E-state index is 12.6. The van der Waals surface area contributed by atoms with Crippen LogP contribution in [0, 0.1) is 11.3 Å². The van der Waals surface area contributed by atoms with Gasteiger partial charge in [0, 0.05) is 15.7 Å². The molecule has 0 heterocycles. The summed E-state index contributed by atoms with van der Waals surface area (Å²) in [6.45, 7) is 0.186. The Morgan fingerprint density at radius 1 is 1.12 bits per heavy atom. The molecule has 0 aliphatic carbocycles. The highest BCUT2D eigenvalue weighted by Crippen LogP contribution is 2.34. The molecule has 32 heavy (non-hydrogen) atoms. The van der Waals surface area contributed by atoms with Crippen LogP contribution in [-0.2, 0) is 11.4 Å².